The standard InChI is InChI=1S/C29H29N7O3S/c37-28(23-6-8-27(9-7-23)36(38)39)35(20-24-19-30-21-32-24)26-12-10-25(11-13-26)33-14-16-34(17-15-33)29(40)31-18-22-4-2-1-3-5-22/h1-13,19,21H,14-18,20H2,(H,30,32)(H,31,40). The van der Waals surface area contributed by atoms with Crippen molar-refractivity contribution >= 4 is 40.3 Å². The first-order valence-corrected chi connectivity index (χ1v) is 13.3. The first kappa shape index (κ1) is 26.8. The molecule has 10 nitrogen and oxygen atoms in total. The van der Waals surface area contributed by atoms with Crippen molar-refractivity contribution < 1.29 is 9.72 Å². The molecular weight excluding hydrogens is 526 g/mol. The normalized spacial score (nSPS) is 13.1. The first-order chi connectivity index (χ1) is 19.5. The SMILES string of the molecule is O=C(c1ccc([N+](=O)[O-])cc1)N(Cc1cnc[nH]1)c1ccc(N2CCN(C(=S)NCc3ccccc3)CC2)cc1. The summed E-state index contributed by atoms with van der Waals surface area (Å²) in [7, 11) is 0. The Hall–Kier alpha value is -4.77. The van der Waals surface area contributed by atoms with Crippen molar-refractivity contribution in [3.63, 3.8) is 0 Å². The molecular formula is C29H29N7O3S. The van der Waals surface area contributed by atoms with Crippen molar-refractivity contribution in [3.8, 4) is 0 Å². The van der Waals surface area contributed by atoms with Gasteiger partial charge in [0.1, 0.15) is 0 Å². The third-order valence-corrected chi connectivity index (χ3v) is 7.24. The predicted molar refractivity (Wildman–Crippen MR) is 158 cm³/mol. The van der Waals surface area contributed by atoms with Gasteiger partial charge in [0, 0.05) is 68.0 Å². The van der Waals surface area contributed by atoms with Gasteiger partial charge in [-0.3, -0.25) is 14.9 Å². The lowest BCUT2D eigenvalue weighted by atomic mass is 10.1. The minimum absolute atomic E-state index is 0.0612. The molecule has 11 heteroatoms. The summed E-state index contributed by atoms with van der Waals surface area (Å²) in [4.78, 5) is 37.2. The zero-order valence-corrected chi connectivity index (χ0v) is 22.6. The lowest BCUT2D eigenvalue weighted by Gasteiger charge is -2.37. The van der Waals surface area contributed by atoms with Crippen molar-refractivity contribution in [3.05, 3.63) is 118 Å². The van der Waals surface area contributed by atoms with E-state index in [-0.39, 0.29) is 18.1 Å². The number of hydrogen-bond acceptors (Lipinski definition) is 6. The second-order valence-electron chi connectivity index (χ2n) is 9.41. The number of carbonyl (C=O) groups is 1. The zero-order valence-electron chi connectivity index (χ0n) is 21.8. The van der Waals surface area contributed by atoms with E-state index < -0.39 is 4.92 Å². The fourth-order valence-electron chi connectivity index (χ4n) is 4.60. The zero-order chi connectivity index (χ0) is 27.9. The first-order valence-electron chi connectivity index (χ1n) is 12.9. The van der Waals surface area contributed by atoms with Crippen LogP contribution in [0.25, 0.3) is 0 Å². The van der Waals surface area contributed by atoms with Gasteiger partial charge in [-0.1, -0.05) is 30.3 Å². The van der Waals surface area contributed by atoms with Crippen molar-refractivity contribution in [2.45, 2.75) is 13.1 Å². The molecule has 1 aliphatic rings. The fourth-order valence-corrected chi connectivity index (χ4v) is 4.85. The van der Waals surface area contributed by atoms with E-state index in [1.54, 1.807) is 17.4 Å². The number of hydrogen-bond donors (Lipinski definition) is 2. The van der Waals surface area contributed by atoms with Gasteiger partial charge in [-0.25, -0.2) is 4.98 Å². The summed E-state index contributed by atoms with van der Waals surface area (Å²) < 4.78 is 0. The number of non-ortho nitro benzene ring substituents is 1. The van der Waals surface area contributed by atoms with Gasteiger partial charge in [0.2, 0.25) is 0 Å². The van der Waals surface area contributed by atoms with Gasteiger partial charge in [-0.15, -0.1) is 0 Å². The van der Waals surface area contributed by atoms with Gasteiger partial charge in [0.25, 0.3) is 11.6 Å². The molecule has 0 unspecified atom stereocenters. The Morgan fingerprint density at radius 2 is 1.70 bits per heavy atom. The van der Waals surface area contributed by atoms with Crippen molar-refractivity contribution in [2.75, 3.05) is 36.0 Å². The Morgan fingerprint density at radius 3 is 2.33 bits per heavy atom. The van der Waals surface area contributed by atoms with Crippen LogP contribution in [0.5, 0.6) is 0 Å². The predicted octanol–water partition coefficient (Wildman–Crippen LogP) is 4.36. The number of carbonyl (C=O) groups excluding carboxylic acids is 1. The van der Waals surface area contributed by atoms with Crippen molar-refractivity contribution in [1.82, 2.24) is 20.2 Å². The van der Waals surface area contributed by atoms with Crippen LogP contribution in [0.4, 0.5) is 17.1 Å². The van der Waals surface area contributed by atoms with Crippen LogP contribution in [0.2, 0.25) is 0 Å². The molecule has 2 N–H and O–H groups in total. The van der Waals surface area contributed by atoms with Gasteiger partial charge in [0.05, 0.1) is 23.5 Å². The highest BCUT2D eigenvalue weighted by Crippen LogP contribution is 2.25. The number of nitro groups is 1. The van der Waals surface area contributed by atoms with Gasteiger partial charge in [-0.2, -0.15) is 0 Å². The van der Waals surface area contributed by atoms with Crippen LogP contribution in [0.3, 0.4) is 0 Å². The Kier molecular flexibility index (Phi) is 8.31. The molecule has 4 aromatic rings. The highest BCUT2D eigenvalue weighted by Gasteiger charge is 2.22. The smallest absolute Gasteiger partial charge is 0.269 e. The molecule has 0 spiro atoms. The van der Waals surface area contributed by atoms with E-state index >= 15 is 0 Å². The number of anilines is 2. The number of rotatable bonds is 8. The number of H-pyrrole nitrogens is 1. The number of aromatic amines is 1. The number of amides is 1. The Labute approximate surface area is 237 Å². The van der Waals surface area contributed by atoms with Crippen LogP contribution in [0.1, 0.15) is 21.6 Å². The number of benzene rings is 3. The monoisotopic (exact) mass is 555 g/mol. The number of nitro benzene ring substituents is 1. The average Bonchev–Trinajstić information content (AvgIpc) is 3.52. The molecule has 0 aliphatic carbocycles. The number of imidazole rings is 1. The van der Waals surface area contributed by atoms with Gasteiger partial charge in [-0.05, 0) is 54.2 Å². The van der Waals surface area contributed by atoms with Gasteiger partial charge < -0.3 is 25.0 Å². The topological polar surface area (TPSA) is 111 Å². The quantitative estimate of drug-likeness (QED) is 0.187. The third-order valence-electron chi connectivity index (χ3n) is 6.83. The summed E-state index contributed by atoms with van der Waals surface area (Å²) in [5, 5.41) is 15.1. The summed E-state index contributed by atoms with van der Waals surface area (Å²) in [6, 6.07) is 23.7. The molecule has 0 saturated carbocycles. The van der Waals surface area contributed by atoms with Crippen LogP contribution < -0.4 is 15.1 Å². The molecule has 1 amide bonds. The van der Waals surface area contributed by atoms with E-state index in [2.05, 4.69) is 37.2 Å². The highest BCUT2D eigenvalue weighted by atomic mass is 32.1. The molecule has 204 valence electrons. The molecule has 5 rings (SSSR count). The van der Waals surface area contributed by atoms with Crippen LogP contribution in [-0.4, -0.2) is 57.0 Å². The van der Waals surface area contributed by atoms with E-state index in [4.69, 9.17) is 12.2 Å². The number of thiocarbonyl (C=S) groups is 1. The Morgan fingerprint density at radius 1 is 1.00 bits per heavy atom. The van der Waals surface area contributed by atoms with E-state index in [9.17, 15) is 14.9 Å². The highest BCUT2D eigenvalue weighted by molar-refractivity contribution is 7.80. The molecule has 1 aromatic heterocycles. The van der Waals surface area contributed by atoms with Crippen LogP contribution >= 0.6 is 12.2 Å². The average molecular weight is 556 g/mol. The maximum Gasteiger partial charge on any atom is 0.269 e. The molecule has 3 aromatic carbocycles. The minimum atomic E-state index is -0.482. The molecule has 0 radical (unpaired) electrons. The molecule has 40 heavy (non-hydrogen) atoms. The molecule has 1 aliphatic heterocycles. The fraction of sp³-hybridized carbons (Fsp3) is 0.207. The molecule has 1 fully saturated rings. The van der Waals surface area contributed by atoms with E-state index in [1.165, 1.54) is 29.8 Å². The van der Waals surface area contributed by atoms with Crippen molar-refractivity contribution in [2.24, 2.45) is 0 Å². The minimum Gasteiger partial charge on any atom is -0.368 e. The molecule has 0 atom stereocenters. The lowest BCUT2D eigenvalue weighted by molar-refractivity contribution is -0.384. The number of nitrogens with one attached hydrogen (secondary N) is 2. The lowest BCUT2D eigenvalue weighted by Crippen LogP contribution is -2.51. The number of aromatic nitrogens is 2. The van der Waals surface area contributed by atoms with E-state index in [1.807, 2.05) is 42.5 Å². The van der Waals surface area contributed by atoms with Crippen LogP contribution in [0.15, 0.2) is 91.4 Å². The Balaban J connectivity index is 1.23. The summed E-state index contributed by atoms with van der Waals surface area (Å²) in [6.07, 6.45) is 3.23. The van der Waals surface area contributed by atoms with Crippen molar-refractivity contribution in [1.29, 1.82) is 0 Å². The largest absolute Gasteiger partial charge is 0.368 e. The van der Waals surface area contributed by atoms with Crippen LogP contribution in [0, 0.1) is 10.1 Å². The summed E-state index contributed by atoms with van der Waals surface area (Å²) >= 11 is 5.62. The molecule has 2 heterocycles. The second-order valence-corrected chi connectivity index (χ2v) is 9.79. The van der Waals surface area contributed by atoms with E-state index in [0.29, 0.717) is 17.8 Å². The summed E-state index contributed by atoms with van der Waals surface area (Å²) in [5.74, 6) is -0.262. The number of nitrogens with zero attached hydrogens (tertiary/aromatic N) is 5. The van der Waals surface area contributed by atoms with Crippen LogP contribution in [-0.2, 0) is 13.1 Å². The third kappa shape index (κ3) is 6.44. The van der Waals surface area contributed by atoms with Gasteiger partial charge >= 0.3 is 0 Å². The maximum atomic E-state index is 13.5. The second kappa shape index (κ2) is 12.4. The number of piperazine rings is 1. The van der Waals surface area contributed by atoms with E-state index in [0.717, 1.165) is 42.7 Å². The maximum absolute atomic E-state index is 13.5. The molecule has 0 bridgehead atoms. The van der Waals surface area contributed by atoms with Gasteiger partial charge in [0.15, 0.2) is 5.11 Å². The summed E-state index contributed by atoms with van der Waals surface area (Å²) in [6.45, 7) is 4.26. The molecule has 1 saturated heterocycles. The Bertz CT molecular complexity index is 1440. The summed E-state index contributed by atoms with van der Waals surface area (Å²) in [5.41, 5.74) is 4.04.